The van der Waals surface area contributed by atoms with Crippen LogP contribution in [0.15, 0.2) is 72.9 Å². The molecule has 3 aromatic rings. The topological polar surface area (TPSA) is 57.3 Å². The molecule has 2 N–H and O–H groups in total. The molecule has 1 aromatic heterocycles. The van der Waals surface area contributed by atoms with Gasteiger partial charge in [0, 0.05) is 38.4 Å². The Morgan fingerprint density at radius 3 is 2.76 bits per heavy atom. The molecule has 1 aliphatic rings. The van der Waals surface area contributed by atoms with E-state index in [-0.39, 0.29) is 11.9 Å². The molecule has 0 radical (unpaired) electrons. The largest absolute Gasteiger partial charge is 0.353 e. The summed E-state index contributed by atoms with van der Waals surface area (Å²) < 4.78 is 0. The molecule has 0 bridgehead atoms. The average molecular weight is 386 g/mol. The number of nitrogens with one attached hydrogen (secondary N) is 2. The van der Waals surface area contributed by atoms with Crippen LogP contribution in [0.2, 0.25) is 0 Å². The molecule has 1 aliphatic heterocycles. The lowest BCUT2D eigenvalue weighted by atomic mass is 10.0. The third kappa shape index (κ3) is 4.81. The second-order valence-corrected chi connectivity index (χ2v) is 7.44. The van der Waals surface area contributed by atoms with E-state index in [4.69, 9.17) is 0 Å². The molecule has 1 fully saturated rings. The van der Waals surface area contributed by atoms with Gasteiger partial charge in [0.2, 0.25) is 0 Å². The minimum atomic E-state index is -0.104. The van der Waals surface area contributed by atoms with Gasteiger partial charge in [0.15, 0.2) is 0 Å². The van der Waals surface area contributed by atoms with Gasteiger partial charge < -0.3 is 15.5 Å². The van der Waals surface area contributed by atoms with Gasteiger partial charge in [-0.3, -0.25) is 4.79 Å². The molecule has 0 aliphatic carbocycles. The van der Waals surface area contributed by atoms with E-state index < -0.39 is 0 Å². The van der Waals surface area contributed by atoms with E-state index >= 15 is 0 Å². The van der Waals surface area contributed by atoms with E-state index in [9.17, 15) is 4.79 Å². The van der Waals surface area contributed by atoms with E-state index in [0.29, 0.717) is 12.1 Å². The normalized spacial score (nSPS) is 16.4. The lowest BCUT2D eigenvalue weighted by Gasteiger charge is -2.34. The molecule has 5 heteroatoms. The molecule has 0 spiro atoms. The highest BCUT2D eigenvalue weighted by atomic mass is 16.1. The van der Waals surface area contributed by atoms with Gasteiger partial charge in [-0.15, -0.1) is 0 Å². The molecule has 4 rings (SSSR count). The van der Waals surface area contributed by atoms with Gasteiger partial charge in [0.25, 0.3) is 5.91 Å². The number of rotatable bonds is 5. The fourth-order valence-corrected chi connectivity index (χ4v) is 3.68. The highest BCUT2D eigenvalue weighted by Crippen LogP contribution is 2.21. The van der Waals surface area contributed by atoms with Crippen molar-refractivity contribution in [2.45, 2.75) is 19.5 Å². The zero-order chi connectivity index (χ0) is 20.1. The second-order valence-electron chi connectivity index (χ2n) is 7.44. The van der Waals surface area contributed by atoms with E-state index in [0.717, 1.165) is 31.0 Å². The number of hydrogen-bond donors (Lipinski definition) is 2. The Balaban J connectivity index is 1.37. The van der Waals surface area contributed by atoms with Crippen LogP contribution in [-0.2, 0) is 6.54 Å². The first-order chi connectivity index (χ1) is 14.2. The van der Waals surface area contributed by atoms with Gasteiger partial charge in [-0.25, -0.2) is 4.98 Å². The van der Waals surface area contributed by atoms with Crippen molar-refractivity contribution in [3.63, 3.8) is 0 Å². The van der Waals surface area contributed by atoms with E-state index in [1.54, 1.807) is 6.20 Å². The minimum Gasteiger partial charge on any atom is -0.353 e. The van der Waals surface area contributed by atoms with Crippen molar-refractivity contribution in [2.24, 2.45) is 0 Å². The Bertz CT molecular complexity index is 956. The number of hydrogen-bond acceptors (Lipinski definition) is 4. The van der Waals surface area contributed by atoms with Crippen LogP contribution in [0, 0.1) is 6.92 Å². The first-order valence-corrected chi connectivity index (χ1v) is 10.0. The summed E-state index contributed by atoms with van der Waals surface area (Å²) in [5.41, 5.74) is 4.14. The van der Waals surface area contributed by atoms with E-state index in [2.05, 4.69) is 50.8 Å². The first kappa shape index (κ1) is 19.2. The monoisotopic (exact) mass is 386 g/mol. The standard InChI is InChI=1S/C24H26N4O/c1-18-6-5-7-19(14-18)15-27-24(29)21-10-11-23(26-16-21)28-13-12-25-22(17-28)20-8-3-2-4-9-20/h2-11,14,16,22,25H,12-13,15,17H2,1H3,(H,27,29). The molecule has 1 amide bonds. The van der Waals surface area contributed by atoms with Crippen LogP contribution >= 0.6 is 0 Å². The maximum Gasteiger partial charge on any atom is 0.253 e. The fraction of sp³-hybridized carbons (Fsp3) is 0.250. The van der Waals surface area contributed by atoms with Gasteiger partial charge in [-0.2, -0.15) is 0 Å². The smallest absolute Gasteiger partial charge is 0.253 e. The third-order valence-electron chi connectivity index (χ3n) is 5.25. The first-order valence-electron chi connectivity index (χ1n) is 10.0. The number of piperazine rings is 1. The summed E-state index contributed by atoms with van der Waals surface area (Å²) >= 11 is 0. The number of carbonyl (C=O) groups is 1. The zero-order valence-corrected chi connectivity index (χ0v) is 16.6. The van der Waals surface area contributed by atoms with Crippen LogP contribution in [0.3, 0.4) is 0 Å². The lowest BCUT2D eigenvalue weighted by Crippen LogP contribution is -2.46. The molecule has 0 saturated carbocycles. The van der Waals surface area contributed by atoms with Crippen molar-refractivity contribution in [2.75, 3.05) is 24.5 Å². The van der Waals surface area contributed by atoms with E-state index in [1.807, 2.05) is 43.3 Å². The zero-order valence-electron chi connectivity index (χ0n) is 16.6. The summed E-state index contributed by atoms with van der Waals surface area (Å²) in [4.78, 5) is 19.3. The summed E-state index contributed by atoms with van der Waals surface area (Å²) in [6.07, 6.45) is 1.67. The van der Waals surface area contributed by atoms with Crippen molar-refractivity contribution >= 4 is 11.7 Å². The molecule has 2 aromatic carbocycles. The highest BCUT2D eigenvalue weighted by Gasteiger charge is 2.21. The Labute approximate surface area is 171 Å². The Morgan fingerprint density at radius 2 is 2.00 bits per heavy atom. The Hall–Kier alpha value is -3.18. The van der Waals surface area contributed by atoms with Crippen molar-refractivity contribution in [1.82, 2.24) is 15.6 Å². The predicted octanol–water partition coefficient (Wildman–Crippen LogP) is 3.47. The number of nitrogens with zero attached hydrogens (tertiary/aromatic N) is 2. The van der Waals surface area contributed by atoms with E-state index in [1.165, 1.54) is 11.1 Å². The number of aromatic nitrogens is 1. The molecule has 1 saturated heterocycles. The maximum absolute atomic E-state index is 12.5. The maximum atomic E-state index is 12.5. The minimum absolute atomic E-state index is 0.104. The number of carbonyl (C=O) groups excluding carboxylic acids is 1. The van der Waals surface area contributed by atoms with Gasteiger partial charge in [0.1, 0.15) is 5.82 Å². The molecule has 148 valence electrons. The van der Waals surface area contributed by atoms with Gasteiger partial charge in [0.05, 0.1) is 5.56 Å². The summed E-state index contributed by atoms with van der Waals surface area (Å²) in [5, 5.41) is 6.53. The van der Waals surface area contributed by atoms with Crippen LogP contribution in [0.1, 0.15) is 33.1 Å². The summed E-state index contributed by atoms with van der Waals surface area (Å²) in [6.45, 7) is 5.22. The van der Waals surface area contributed by atoms with Gasteiger partial charge in [-0.1, -0.05) is 60.2 Å². The molecule has 5 nitrogen and oxygen atoms in total. The van der Waals surface area contributed by atoms with Crippen molar-refractivity contribution < 1.29 is 4.79 Å². The van der Waals surface area contributed by atoms with Crippen LogP contribution in [-0.4, -0.2) is 30.5 Å². The third-order valence-corrected chi connectivity index (χ3v) is 5.25. The summed E-state index contributed by atoms with van der Waals surface area (Å²) in [6, 6.07) is 22.7. The number of pyridine rings is 1. The van der Waals surface area contributed by atoms with Gasteiger partial charge >= 0.3 is 0 Å². The second kappa shape index (κ2) is 8.88. The highest BCUT2D eigenvalue weighted by molar-refractivity contribution is 5.94. The van der Waals surface area contributed by atoms with Crippen molar-refractivity contribution in [3.8, 4) is 0 Å². The molecule has 1 unspecified atom stereocenters. The molecule has 1 atom stereocenters. The van der Waals surface area contributed by atoms with Crippen LogP contribution in [0.25, 0.3) is 0 Å². The van der Waals surface area contributed by atoms with Crippen LogP contribution < -0.4 is 15.5 Å². The number of benzene rings is 2. The van der Waals surface area contributed by atoms with Crippen molar-refractivity contribution in [3.05, 3.63) is 95.2 Å². The molecular weight excluding hydrogens is 360 g/mol. The lowest BCUT2D eigenvalue weighted by molar-refractivity contribution is 0.0950. The average Bonchev–Trinajstić information content (AvgIpc) is 2.78. The quantitative estimate of drug-likeness (QED) is 0.705. The molecule has 29 heavy (non-hydrogen) atoms. The van der Waals surface area contributed by atoms with Crippen LogP contribution in [0.5, 0.6) is 0 Å². The number of aryl methyl sites for hydroxylation is 1. The Morgan fingerprint density at radius 1 is 1.14 bits per heavy atom. The number of anilines is 1. The fourth-order valence-electron chi connectivity index (χ4n) is 3.68. The molecule has 2 heterocycles. The SMILES string of the molecule is Cc1cccc(CNC(=O)c2ccc(N3CCNC(c4ccccc4)C3)nc2)c1. The van der Waals surface area contributed by atoms with Crippen LogP contribution in [0.4, 0.5) is 5.82 Å². The van der Waals surface area contributed by atoms with Gasteiger partial charge in [-0.05, 0) is 30.2 Å². The predicted molar refractivity (Wildman–Crippen MR) is 116 cm³/mol. The Kier molecular flexibility index (Phi) is 5.86. The number of amides is 1. The summed E-state index contributed by atoms with van der Waals surface area (Å²) in [5.74, 6) is 0.802. The van der Waals surface area contributed by atoms with Crippen molar-refractivity contribution in [1.29, 1.82) is 0 Å². The summed E-state index contributed by atoms with van der Waals surface area (Å²) in [7, 11) is 0. The molecular formula is C24H26N4O.